The number of aromatic nitrogens is 3. The Labute approximate surface area is 200 Å². The number of aryl methyl sites for hydroxylation is 1. The fourth-order valence-electron chi connectivity index (χ4n) is 4.89. The largest absolute Gasteiger partial charge is 0.307 e. The Morgan fingerprint density at radius 2 is 1.70 bits per heavy atom. The van der Waals surface area contributed by atoms with E-state index in [2.05, 4.69) is 83.7 Å². The molecule has 1 atom stereocenters. The number of hydrogen-bond acceptors (Lipinski definition) is 5. The van der Waals surface area contributed by atoms with Crippen molar-refractivity contribution in [2.24, 2.45) is 0 Å². The van der Waals surface area contributed by atoms with Gasteiger partial charge >= 0.3 is 0 Å². The van der Waals surface area contributed by atoms with Crippen LogP contribution < -0.4 is 5.32 Å². The average molecular weight is 455 g/mol. The van der Waals surface area contributed by atoms with E-state index in [0.29, 0.717) is 18.0 Å². The molecule has 0 saturated heterocycles. The van der Waals surface area contributed by atoms with Crippen molar-refractivity contribution in [3.63, 3.8) is 0 Å². The molecule has 5 rings (SSSR count). The highest BCUT2D eigenvalue weighted by atomic mass is 32.1. The highest BCUT2D eigenvalue weighted by Crippen LogP contribution is 2.44. The maximum atomic E-state index is 4.94. The molecule has 2 aromatic carbocycles. The van der Waals surface area contributed by atoms with Gasteiger partial charge in [0.25, 0.3) is 0 Å². The lowest BCUT2D eigenvalue weighted by molar-refractivity contribution is 0.324. The lowest BCUT2D eigenvalue weighted by Gasteiger charge is -2.31. The molecule has 2 heterocycles. The van der Waals surface area contributed by atoms with E-state index in [1.807, 2.05) is 12.3 Å². The van der Waals surface area contributed by atoms with Gasteiger partial charge in [0.2, 0.25) is 0 Å². The van der Waals surface area contributed by atoms with Gasteiger partial charge in [0.15, 0.2) is 0 Å². The van der Waals surface area contributed by atoms with Crippen molar-refractivity contribution in [2.75, 3.05) is 0 Å². The van der Waals surface area contributed by atoms with Crippen LogP contribution in [0.25, 0.3) is 22.5 Å². The summed E-state index contributed by atoms with van der Waals surface area (Å²) in [5.74, 6) is 0.525. The first kappa shape index (κ1) is 21.9. The van der Waals surface area contributed by atoms with Crippen LogP contribution >= 0.6 is 11.5 Å². The minimum Gasteiger partial charge on any atom is -0.307 e. The molecule has 33 heavy (non-hydrogen) atoms. The Kier molecular flexibility index (Phi) is 6.60. The number of benzene rings is 2. The fraction of sp³-hybridized carbons (Fsp3) is 0.321. The normalized spacial score (nSPS) is 19.3. The highest BCUT2D eigenvalue weighted by Gasteiger charge is 2.29. The lowest BCUT2D eigenvalue weighted by atomic mass is 9.82. The number of hydrogen-bond donors (Lipinski definition) is 1. The minimum atomic E-state index is 0.376. The first-order chi connectivity index (χ1) is 16.2. The van der Waals surface area contributed by atoms with E-state index < -0.39 is 0 Å². The molecule has 168 valence electrons. The molecule has 1 aliphatic carbocycles. The number of nitrogens with one attached hydrogen (secondary N) is 1. The van der Waals surface area contributed by atoms with Crippen molar-refractivity contribution in [3.05, 3.63) is 89.2 Å². The van der Waals surface area contributed by atoms with Gasteiger partial charge in [-0.05, 0) is 68.6 Å². The van der Waals surface area contributed by atoms with Gasteiger partial charge in [-0.25, -0.2) is 9.97 Å². The summed E-state index contributed by atoms with van der Waals surface area (Å²) < 4.78 is 4.94. The van der Waals surface area contributed by atoms with Crippen molar-refractivity contribution in [3.8, 4) is 22.5 Å². The summed E-state index contributed by atoms with van der Waals surface area (Å²) in [7, 11) is 0. The predicted molar refractivity (Wildman–Crippen MR) is 136 cm³/mol. The maximum Gasteiger partial charge on any atom is 0.116 e. The molecule has 0 amide bonds. The van der Waals surface area contributed by atoms with Crippen LogP contribution in [-0.2, 0) is 0 Å². The third-order valence-corrected chi connectivity index (χ3v) is 7.77. The Morgan fingerprint density at radius 1 is 0.939 bits per heavy atom. The molecule has 1 saturated carbocycles. The first-order valence-electron chi connectivity index (χ1n) is 11.8. The van der Waals surface area contributed by atoms with Crippen LogP contribution in [-0.4, -0.2) is 20.4 Å². The Hall–Kier alpha value is -2.89. The summed E-state index contributed by atoms with van der Waals surface area (Å²) in [5, 5.41) is 3.86. The van der Waals surface area contributed by atoms with Gasteiger partial charge in [-0.3, -0.25) is 0 Å². The zero-order chi connectivity index (χ0) is 22.6. The molecule has 1 N–H and O–H groups in total. The molecule has 1 fully saturated rings. The minimum absolute atomic E-state index is 0.376. The quantitative estimate of drug-likeness (QED) is 0.342. The average Bonchev–Trinajstić information content (AvgIpc) is 3.31. The third-order valence-electron chi connectivity index (χ3n) is 6.76. The van der Waals surface area contributed by atoms with Crippen molar-refractivity contribution in [2.45, 2.75) is 57.5 Å². The second-order valence-corrected chi connectivity index (χ2v) is 9.88. The lowest BCUT2D eigenvalue weighted by Crippen LogP contribution is -2.34. The summed E-state index contributed by atoms with van der Waals surface area (Å²) in [6, 6.07) is 22.3. The third kappa shape index (κ3) is 4.90. The van der Waals surface area contributed by atoms with Gasteiger partial charge in [0.1, 0.15) is 6.33 Å². The molecule has 1 aliphatic rings. The van der Waals surface area contributed by atoms with E-state index in [9.17, 15) is 0 Å². The number of rotatable bonds is 6. The van der Waals surface area contributed by atoms with Crippen molar-refractivity contribution < 1.29 is 0 Å². The molecular weight excluding hydrogens is 424 g/mol. The number of nitrogens with zero attached hydrogens (tertiary/aromatic N) is 3. The zero-order valence-corrected chi connectivity index (χ0v) is 20.1. The van der Waals surface area contributed by atoms with Gasteiger partial charge < -0.3 is 5.32 Å². The van der Waals surface area contributed by atoms with Crippen LogP contribution in [0, 0.1) is 6.92 Å². The van der Waals surface area contributed by atoms with Crippen molar-refractivity contribution in [1.82, 2.24) is 19.7 Å². The van der Waals surface area contributed by atoms with Crippen LogP contribution in [0.4, 0.5) is 0 Å². The Bertz CT molecular complexity index is 1160. The van der Waals surface area contributed by atoms with Crippen LogP contribution in [0.1, 0.15) is 60.6 Å². The maximum absolute atomic E-state index is 4.94. The predicted octanol–water partition coefficient (Wildman–Crippen LogP) is 6.95. The SMILES string of the molecule is Cc1ccc(-c2nsc(C3CCC(NC(C)c4ccccc4)CC3)c2-c2ccncn2)cc1. The van der Waals surface area contributed by atoms with Crippen LogP contribution in [0.5, 0.6) is 0 Å². The topological polar surface area (TPSA) is 50.7 Å². The molecule has 0 radical (unpaired) electrons. The smallest absolute Gasteiger partial charge is 0.116 e. The van der Waals surface area contributed by atoms with Gasteiger partial charge in [0, 0.05) is 34.3 Å². The van der Waals surface area contributed by atoms with Gasteiger partial charge in [0.05, 0.1) is 11.4 Å². The summed E-state index contributed by atoms with van der Waals surface area (Å²) in [6.07, 6.45) is 8.18. The van der Waals surface area contributed by atoms with Crippen molar-refractivity contribution in [1.29, 1.82) is 0 Å². The summed E-state index contributed by atoms with van der Waals surface area (Å²) in [4.78, 5) is 10.1. The van der Waals surface area contributed by atoms with Crippen LogP contribution in [0.2, 0.25) is 0 Å². The molecule has 4 aromatic rings. The molecule has 0 aliphatic heterocycles. The first-order valence-corrected chi connectivity index (χ1v) is 12.6. The van der Waals surface area contributed by atoms with E-state index in [0.717, 1.165) is 17.0 Å². The summed E-state index contributed by atoms with van der Waals surface area (Å²) in [6.45, 7) is 4.39. The Morgan fingerprint density at radius 3 is 2.39 bits per heavy atom. The summed E-state index contributed by atoms with van der Waals surface area (Å²) >= 11 is 1.66. The molecule has 5 heteroatoms. The van der Waals surface area contributed by atoms with Gasteiger partial charge in [-0.2, -0.15) is 4.37 Å². The molecule has 4 nitrogen and oxygen atoms in total. The standard InChI is InChI=1S/C28H30N4S/c1-19-8-10-22(11-9-19)27-26(25-16-17-29-18-30-25)28(33-32-27)23-12-14-24(15-13-23)31-20(2)21-6-4-3-5-7-21/h3-11,16-18,20,23-24,31H,12-15H2,1-2H3. The van der Waals surface area contributed by atoms with E-state index in [1.165, 1.54) is 47.3 Å². The van der Waals surface area contributed by atoms with E-state index >= 15 is 0 Å². The Balaban J connectivity index is 1.36. The molecular formula is C28H30N4S. The van der Waals surface area contributed by atoms with Crippen LogP contribution in [0.3, 0.4) is 0 Å². The highest BCUT2D eigenvalue weighted by molar-refractivity contribution is 7.06. The van der Waals surface area contributed by atoms with E-state index in [1.54, 1.807) is 17.9 Å². The fourth-order valence-corrected chi connectivity index (χ4v) is 5.95. The van der Waals surface area contributed by atoms with Gasteiger partial charge in [-0.15, -0.1) is 0 Å². The molecule has 0 bridgehead atoms. The monoisotopic (exact) mass is 454 g/mol. The zero-order valence-electron chi connectivity index (χ0n) is 19.2. The second-order valence-electron chi connectivity index (χ2n) is 9.08. The van der Waals surface area contributed by atoms with E-state index in [-0.39, 0.29) is 0 Å². The van der Waals surface area contributed by atoms with Crippen LogP contribution in [0.15, 0.2) is 73.2 Å². The molecule has 2 aromatic heterocycles. The van der Waals surface area contributed by atoms with E-state index in [4.69, 9.17) is 4.37 Å². The van der Waals surface area contributed by atoms with Crippen molar-refractivity contribution >= 4 is 11.5 Å². The molecule has 0 spiro atoms. The summed E-state index contributed by atoms with van der Waals surface area (Å²) in [5.41, 5.74) is 6.99. The van der Waals surface area contributed by atoms with Gasteiger partial charge in [-0.1, -0.05) is 60.2 Å². The second kappa shape index (κ2) is 9.94. The molecule has 1 unspecified atom stereocenters.